The Morgan fingerprint density at radius 2 is 1.71 bits per heavy atom. The van der Waals surface area contributed by atoms with Crippen molar-refractivity contribution in [2.24, 2.45) is 11.3 Å². The molecule has 0 aromatic carbocycles. The minimum absolute atomic E-state index is 0.228. The molecule has 3 amide bonds. The van der Waals surface area contributed by atoms with Crippen LogP contribution >= 0.6 is 0 Å². The number of hydrogen-bond donors (Lipinski definition) is 3. The maximum absolute atomic E-state index is 11.6. The summed E-state index contributed by atoms with van der Waals surface area (Å²) < 4.78 is 4.55. The van der Waals surface area contributed by atoms with E-state index in [2.05, 4.69) is 10.1 Å². The number of esters is 1. The number of methoxy groups -OCH3 is 1. The number of hydrogen-bond acceptors (Lipinski definition) is 5. The zero-order valence-corrected chi connectivity index (χ0v) is 12.9. The Morgan fingerprint density at radius 3 is 2.10 bits per heavy atom. The molecule has 0 fully saturated rings. The van der Waals surface area contributed by atoms with Crippen LogP contribution in [0.4, 0.5) is 4.79 Å². The number of imide groups is 1. The molecule has 0 aromatic heterocycles. The molecule has 0 saturated heterocycles. The largest absolute Gasteiger partial charge is 0.481 e. The molecule has 0 bridgehead atoms. The molecule has 0 spiro atoms. The number of ether oxygens (including phenoxy) is 1. The number of carboxylic acid groups (broad SMARTS) is 1. The molecule has 8 nitrogen and oxygen atoms in total. The first-order chi connectivity index (χ1) is 9.51. The van der Waals surface area contributed by atoms with Gasteiger partial charge < -0.3 is 15.2 Å². The van der Waals surface area contributed by atoms with Gasteiger partial charge in [-0.05, 0) is 19.8 Å². The summed E-state index contributed by atoms with van der Waals surface area (Å²) in [6.07, 6.45) is -0.361. The third kappa shape index (κ3) is 6.24. The molecule has 0 aliphatic carbocycles. The van der Waals surface area contributed by atoms with E-state index in [9.17, 15) is 19.2 Å². The number of carbonyl (C=O) groups excluding carboxylic acids is 3. The van der Waals surface area contributed by atoms with E-state index in [0.29, 0.717) is 0 Å². The number of carboxylic acids is 1. The van der Waals surface area contributed by atoms with E-state index in [-0.39, 0.29) is 12.3 Å². The molecular weight excluding hydrogens is 280 g/mol. The van der Waals surface area contributed by atoms with E-state index in [1.54, 1.807) is 13.8 Å². The maximum Gasteiger partial charge on any atom is 0.328 e. The summed E-state index contributed by atoms with van der Waals surface area (Å²) in [7, 11) is 1.19. The average molecular weight is 302 g/mol. The molecule has 8 heteroatoms. The lowest BCUT2D eigenvalue weighted by Crippen LogP contribution is -2.51. The fourth-order valence-corrected chi connectivity index (χ4v) is 1.45. The van der Waals surface area contributed by atoms with Crippen LogP contribution in [-0.2, 0) is 19.1 Å². The van der Waals surface area contributed by atoms with Gasteiger partial charge in [0.05, 0.1) is 12.5 Å². The number of nitrogens with one attached hydrogen (secondary N) is 2. The summed E-state index contributed by atoms with van der Waals surface area (Å²) in [5.41, 5.74) is -1.29. The Hall–Kier alpha value is -2.12. The molecule has 0 heterocycles. The van der Waals surface area contributed by atoms with Gasteiger partial charge in [-0.3, -0.25) is 14.9 Å². The van der Waals surface area contributed by atoms with Crippen molar-refractivity contribution in [3.63, 3.8) is 0 Å². The Labute approximate surface area is 123 Å². The fourth-order valence-electron chi connectivity index (χ4n) is 1.45. The summed E-state index contributed by atoms with van der Waals surface area (Å²) >= 11 is 0. The van der Waals surface area contributed by atoms with Crippen molar-refractivity contribution in [1.82, 2.24) is 10.6 Å². The third-order valence-corrected chi connectivity index (χ3v) is 2.84. The molecule has 0 rings (SSSR count). The number of urea groups is 1. The van der Waals surface area contributed by atoms with Crippen LogP contribution in [0.25, 0.3) is 0 Å². The fraction of sp³-hybridized carbons (Fsp3) is 0.692. The van der Waals surface area contributed by atoms with Crippen LogP contribution < -0.4 is 10.6 Å². The van der Waals surface area contributed by atoms with Crippen LogP contribution in [0.5, 0.6) is 0 Å². The van der Waals surface area contributed by atoms with Gasteiger partial charge in [0.25, 0.3) is 0 Å². The lowest BCUT2D eigenvalue weighted by Gasteiger charge is -2.21. The highest BCUT2D eigenvalue weighted by Crippen LogP contribution is 2.19. The van der Waals surface area contributed by atoms with Crippen LogP contribution in [0.15, 0.2) is 0 Å². The molecule has 3 N–H and O–H groups in total. The maximum atomic E-state index is 11.6. The van der Waals surface area contributed by atoms with Gasteiger partial charge in [-0.15, -0.1) is 0 Å². The number of aliphatic carboxylic acids is 1. The Morgan fingerprint density at radius 1 is 1.19 bits per heavy atom. The first kappa shape index (κ1) is 18.9. The second kappa shape index (κ2) is 7.61. The highest BCUT2D eigenvalue weighted by Gasteiger charge is 2.31. The second-order valence-corrected chi connectivity index (χ2v) is 5.63. The third-order valence-electron chi connectivity index (χ3n) is 2.84. The monoisotopic (exact) mass is 302 g/mol. The van der Waals surface area contributed by atoms with Crippen molar-refractivity contribution in [1.29, 1.82) is 0 Å². The minimum atomic E-state index is -1.29. The highest BCUT2D eigenvalue weighted by atomic mass is 16.5. The van der Waals surface area contributed by atoms with E-state index >= 15 is 0 Å². The molecule has 0 radical (unpaired) electrons. The first-order valence-corrected chi connectivity index (χ1v) is 6.42. The number of amides is 3. The zero-order chi connectivity index (χ0) is 16.8. The van der Waals surface area contributed by atoms with Crippen molar-refractivity contribution < 1.29 is 29.0 Å². The van der Waals surface area contributed by atoms with Crippen LogP contribution in [0.1, 0.15) is 34.1 Å². The normalized spacial score (nSPS) is 12.5. The lowest BCUT2D eigenvalue weighted by molar-refractivity contribution is -0.149. The van der Waals surface area contributed by atoms with Crippen molar-refractivity contribution in [3.05, 3.63) is 0 Å². The Kier molecular flexibility index (Phi) is 6.84. The van der Waals surface area contributed by atoms with E-state index < -0.39 is 35.3 Å². The van der Waals surface area contributed by atoms with Gasteiger partial charge in [0.1, 0.15) is 6.04 Å². The number of rotatable bonds is 6. The van der Waals surface area contributed by atoms with E-state index in [0.717, 1.165) is 0 Å². The smallest absolute Gasteiger partial charge is 0.328 e. The summed E-state index contributed by atoms with van der Waals surface area (Å²) in [6, 6.07) is -1.76. The predicted molar refractivity (Wildman–Crippen MR) is 73.4 cm³/mol. The summed E-state index contributed by atoms with van der Waals surface area (Å²) in [5.74, 6) is -2.74. The van der Waals surface area contributed by atoms with Crippen molar-refractivity contribution in [3.8, 4) is 0 Å². The van der Waals surface area contributed by atoms with Crippen molar-refractivity contribution in [2.75, 3.05) is 7.11 Å². The van der Waals surface area contributed by atoms with E-state index in [1.165, 1.54) is 21.0 Å². The van der Waals surface area contributed by atoms with Crippen LogP contribution in [0, 0.1) is 11.3 Å². The van der Waals surface area contributed by atoms with Crippen molar-refractivity contribution >= 4 is 23.9 Å². The van der Waals surface area contributed by atoms with Gasteiger partial charge in [-0.1, -0.05) is 13.8 Å². The Bertz CT molecular complexity index is 430. The first-order valence-electron chi connectivity index (χ1n) is 6.42. The SMILES string of the molecule is COC(=O)C(NC(=O)NC(=O)CC(C)(C)C(=O)O)C(C)C. The Balaban J connectivity index is 4.59. The van der Waals surface area contributed by atoms with Gasteiger partial charge in [0.2, 0.25) is 5.91 Å². The van der Waals surface area contributed by atoms with Crippen LogP contribution in [0.3, 0.4) is 0 Å². The standard InChI is InChI=1S/C13H22N2O6/c1-7(2)9(10(17)21-5)15-12(20)14-8(16)6-13(3,4)11(18)19/h7,9H,6H2,1-5H3,(H,18,19)(H2,14,15,16,20). The second-order valence-electron chi connectivity index (χ2n) is 5.63. The molecule has 0 aromatic rings. The molecule has 0 aliphatic rings. The molecular formula is C13H22N2O6. The lowest BCUT2D eigenvalue weighted by atomic mass is 9.89. The van der Waals surface area contributed by atoms with E-state index in [4.69, 9.17) is 5.11 Å². The molecule has 0 saturated carbocycles. The molecule has 1 atom stereocenters. The molecule has 120 valence electrons. The quantitative estimate of drug-likeness (QED) is 0.615. The summed E-state index contributed by atoms with van der Waals surface area (Å²) in [4.78, 5) is 45.6. The van der Waals surface area contributed by atoms with Crippen LogP contribution in [-0.4, -0.2) is 42.1 Å². The summed E-state index contributed by atoms with van der Waals surface area (Å²) in [6.45, 7) is 6.16. The topological polar surface area (TPSA) is 122 Å². The van der Waals surface area contributed by atoms with Gasteiger partial charge in [-0.2, -0.15) is 0 Å². The molecule has 0 aliphatic heterocycles. The highest BCUT2D eigenvalue weighted by molar-refractivity contribution is 5.97. The zero-order valence-electron chi connectivity index (χ0n) is 12.9. The average Bonchev–Trinajstić information content (AvgIpc) is 2.33. The number of carbonyl (C=O) groups is 4. The molecule has 21 heavy (non-hydrogen) atoms. The summed E-state index contributed by atoms with van der Waals surface area (Å²) in [5, 5.41) is 13.2. The van der Waals surface area contributed by atoms with Gasteiger partial charge in [-0.25, -0.2) is 9.59 Å². The van der Waals surface area contributed by atoms with Gasteiger partial charge in [0, 0.05) is 6.42 Å². The molecule has 1 unspecified atom stereocenters. The minimum Gasteiger partial charge on any atom is -0.481 e. The van der Waals surface area contributed by atoms with Crippen molar-refractivity contribution in [2.45, 2.75) is 40.2 Å². The van der Waals surface area contributed by atoms with Crippen LogP contribution in [0.2, 0.25) is 0 Å². The predicted octanol–water partition coefficient (Wildman–Crippen LogP) is 0.511. The van der Waals surface area contributed by atoms with Gasteiger partial charge in [0.15, 0.2) is 0 Å². The van der Waals surface area contributed by atoms with E-state index in [1.807, 2.05) is 5.32 Å². The van der Waals surface area contributed by atoms with Gasteiger partial charge >= 0.3 is 18.0 Å².